The Morgan fingerprint density at radius 3 is 2.71 bits per heavy atom. The summed E-state index contributed by atoms with van der Waals surface area (Å²) in [5.74, 6) is -1.79. The van der Waals surface area contributed by atoms with Crippen molar-refractivity contribution in [3.05, 3.63) is 40.0 Å². The molecule has 0 radical (unpaired) electrons. The molecular weight excluding hydrogens is 292 g/mol. The zero-order valence-electron chi connectivity index (χ0n) is 10.6. The molecule has 112 valence electrons. The molecule has 21 heavy (non-hydrogen) atoms. The Morgan fingerprint density at radius 1 is 1.43 bits per heavy atom. The average Bonchev–Trinajstić information content (AvgIpc) is 2.76. The molecule has 1 heterocycles. The van der Waals surface area contributed by atoms with Crippen LogP contribution in [0.4, 0.5) is 23.2 Å². The third-order valence-electron chi connectivity index (χ3n) is 3.17. The fourth-order valence-corrected chi connectivity index (χ4v) is 2.19. The Hall–Kier alpha value is -2.28. The number of nitrogens with zero attached hydrogens (tertiary/aromatic N) is 4. The molecule has 0 saturated carbocycles. The number of hydrogen-bond acceptors (Lipinski definition) is 2. The van der Waals surface area contributed by atoms with Gasteiger partial charge in [-0.1, -0.05) is 5.11 Å². The van der Waals surface area contributed by atoms with Crippen molar-refractivity contribution < 1.29 is 22.4 Å². The van der Waals surface area contributed by atoms with E-state index in [2.05, 4.69) is 10.0 Å². The average molecular weight is 302 g/mol. The van der Waals surface area contributed by atoms with E-state index >= 15 is 0 Å². The number of hydrogen-bond donors (Lipinski definition) is 0. The molecule has 5 nitrogen and oxygen atoms in total. The SMILES string of the molecule is [N-]=[N+]=NCC1CC(=O)N(c2ccc(C(F)(F)F)cc2F)C1. The first kappa shape index (κ1) is 15.1. The van der Waals surface area contributed by atoms with E-state index in [9.17, 15) is 22.4 Å². The van der Waals surface area contributed by atoms with Crippen molar-refractivity contribution in [2.45, 2.75) is 12.6 Å². The van der Waals surface area contributed by atoms with Crippen molar-refractivity contribution in [2.24, 2.45) is 11.0 Å². The standard InChI is InChI=1S/C12H10F4N4O/c13-9-4-8(12(14,15)16)1-2-10(9)20-6-7(3-11(20)21)5-18-19-17/h1-2,4,7H,3,5-6H2. The lowest BCUT2D eigenvalue weighted by molar-refractivity contribution is -0.137. The Kier molecular flexibility index (Phi) is 4.04. The summed E-state index contributed by atoms with van der Waals surface area (Å²) >= 11 is 0. The van der Waals surface area contributed by atoms with E-state index in [-0.39, 0.29) is 31.1 Å². The third-order valence-corrected chi connectivity index (χ3v) is 3.17. The predicted octanol–water partition coefficient (Wildman–Crippen LogP) is 3.51. The van der Waals surface area contributed by atoms with E-state index < -0.39 is 23.5 Å². The normalized spacial score (nSPS) is 18.8. The second-order valence-electron chi connectivity index (χ2n) is 4.65. The molecule has 0 aromatic heterocycles. The fraction of sp³-hybridized carbons (Fsp3) is 0.417. The first-order chi connectivity index (χ1) is 9.82. The van der Waals surface area contributed by atoms with Gasteiger partial charge in [-0.15, -0.1) is 0 Å². The van der Waals surface area contributed by atoms with Crippen LogP contribution in [0.25, 0.3) is 10.4 Å². The summed E-state index contributed by atoms with van der Waals surface area (Å²) in [5.41, 5.74) is 6.91. The van der Waals surface area contributed by atoms with Gasteiger partial charge in [0.15, 0.2) is 0 Å². The Labute approximate surface area is 116 Å². The minimum absolute atomic E-state index is 0.0689. The monoisotopic (exact) mass is 302 g/mol. The summed E-state index contributed by atoms with van der Waals surface area (Å²) in [4.78, 5) is 15.4. The number of carbonyl (C=O) groups is 1. The molecule has 1 saturated heterocycles. The number of azide groups is 1. The lowest BCUT2D eigenvalue weighted by Gasteiger charge is -2.18. The van der Waals surface area contributed by atoms with E-state index in [1.165, 1.54) is 0 Å². The zero-order chi connectivity index (χ0) is 15.6. The maximum Gasteiger partial charge on any atom is 0.416 e. The van der Waals surface area contributed by atoms with Crippen molar-refractivity contribution >= 4 is 11.6 Å². The van der Waals surface area contributed by atoms with Gasteiger partial charge in [-0.3, -0.25) is 4.79 Å². The molecule has 1 aromatic carbocycles. The van der Waals surface area contributed by atoms with Gasteiger partial charge in [-0.05, 0) is 29.6 Å². The fourth-order valence-electron chi connectivity index (χ4n) is 2.19. The van der Waals surface area contributed by atoms with Gasteiger partial charge in [-0.25, -0.2) is 4.39 Å². The predicted molar refractivity (Wildman–Crippen MR) is 65.9 cm³/mol. The molecule has 9 heteroatoms. The van der Waals surface area contributed by atoms with Gasteiger partial charge in [0.25, 0.3) is 0 Å². The van der Waals surface area contributed by atoms with Gasteiger partial charge in [0.2, 0.25) is 5.91 Å². The number of anilines is 1. The number of carbonyl (C=O) groups excluding carboxylic acids is 1. The topological polar surface area (TPSA) is 69.1 Å². The van der Waals surface area contributed by atoms with Crippen LogP contribution in [-0.4, -0.2) is 19.0 Å². The molecule has 0 N–H and O–H groups in total. The molecule has 1 amide bonds. The van der Waals surface area contributed by atoms with Crippen molar-refractivity contribution in [1.82, 2.24) is 0 Å². The summed E-state index contributed by atoms with van der Waals surface area (Å²) in [7, 11) is 0. The smallest absolute Gasteiger partial charge is 0.309 e. The van der Waals surface area contributed by atoms with Crippen LogP contribution >= 0.6 is 0 Å². The van der Waals surface area contributed by atoms with Gasteiger partial charge in [0.1, 0.15) is 5.82 Å². The van der Waals surface area contributed by atoms with E-state index in [4.69, 9.17) is 5.53 Å². The molecule has 1 aliphatic heterocycles. The van der Waals surface area contributed by atoms with Gasteiger partial charge >= 0.3 is 6.18 Å². The number of rotatable bonds is 3. The maximum absolute atomic E-state index is 13.8. The number of amides is 1. The Morgan fingerprint density at radius 2 is 2.14 bits per heavy atom. The number of halogens is 4. The minimum Gasteiger partial charge on any atom is -0.309 e. The van der Waals surface area contributed by atoms with Crippen LogP contribution in [0, 0.1) is 11.7 Å². The summed E-state index contributed by atoms with van der Waals surface area (Å²) in [5, 5.41) is 3.34. The van der Waals surface area contributed by atoms with Crippen LogP contribution in [0.3, 0.4) is 0 Å². The molecular formula is C12H10F4N4O. The second-order valence-corrected chi connectivity index (χ2v) is 4.65. The molecule has 1 aliphatic rings. The second kappa shape index (κ2) is 5.61. The van der Waals surface area contributed by atoms with Crippen molar-refractivity contribution in [3.63, 3.8) is 0 Å². The highest BCUT2D eigenvalue weighted by atomic mass is 19.4. The third kappa shape index (κ3) is 3.25. The van der Waals surface area contributed by atoms with Crippen LogP contribution in [0.5, 0.6) is 0 Å². The number of alkyl halides is 3. The van der Waals surface area contributed by atoms with Crippen LogP contribution in [0.2, 0.25) is 0 Å². The largest absolute Gasteiger partial charge is 0.416 e. The van der Waals surface area contributed by atoms with E-state index in [1.807, 2.05) is 0 Å². The first-order valence-electron chi connectivity index (χ1n) is 6.01. The summed E-state index contributed by atoms with van der Waals surface area (Å²) in [6.07, 6.45) is -4.57. The molecule has 1 aromatic rings. The van der Waals surface area contributed by atoms with Gasteiger partial charge < -0.3 is 4.90 Å². The minimum atomic E-state index is -4.64. The highest BCUT2D eigenvalue weighted by molar-refractivity contribution is 5.95. The molecule has 0 spiro atoms. The van der Waals surface area contributed by atoms with Gasteiger partial charge in [-0.2, -0.15) is 13.2 Å². The molecule has 0 bridgehead atoms. The summed E-state index contributed by atoms with van der Waals surface area (Å²) in [6.45, 7) is 0.196. The molecule has 2 rings (SSSR count). The van der Waals surface area contributed by atoms with Crippen LogP contribution in [0.15, 0.2) is 23.3 Å². The Balaban J connectivity index is 2.23. The van der Waals surface area contributed by atoms with Crippen molar-refractivity contribution in [3.8, 4) is 0 Å². The lowest BCUT2D eigenvalue weighted by atomic mass is 10.1. The van der Waals surface area contributed by atoms with Crippen molar-refractivity contribution in [2.75, 3.05) is 18.0 Å². The Bertz CT molecular complexity index is 610. The first-order valence-corrected chi connectivity index (χ1v) is 6.01. The summed E-state index contributed by atoms with van der Waals surface area (Å²) < 4.78 is 51.2. The van der Waals surface area contributed by atoms with Crippen LogP contribution in [0.1, 0.15) is 12.0 Å². The molecule has 1 fully saturated rings. The summed E-state index contributed by atoms with van der Waals surface area (Å²) in [6, 6.07) is 2.03. The van der Waals surface area contributed by atoms with Crippen LogP contribution in [-0.2, 0) is 11.0 Å². The van der Waals surface area contributed by atoms with E-state index in [0.717, 1.165) is 17.0 Å². The van der Waals surface area contributed by atoms with Crippen molar-refractivity contribution in [1.29, 1.82) is 0 Å². The number of benzene rings is 1. The molecule has 1 unspecified atom stereocenters. The van der Waals surface area contributed by atoms with Gasteiger partial charge in [0.05, 0.1) is 11.3 Å². The van der Waals surface area contributed by atoms with E-state index in [0.29, 0.717) is 6.07 Å². The molecule has 0 aliphatic carbocycles. The molecule has 1 atom stereocenters. The van der Waals surface area contributed by atoms with Crippen LogP contribution < -0.4 is 4.90 Å². The zero-order valence-corrected chi connectivity index (χ0v) is 10.6. The highest BCUT2D eigenvalue weighted by Gasteiger charge is 2.34. The lowest BCUT2D eigenvalue weighted by Crippen LogP contribution is -2.26. The quantitative estimate of drug-likeness (QED) is 0.364. The van der Waals surface area contributed by atoms with E-state index in [1.54, 1.807) is 0 Å². The maximum atomic E-state index is 13.8. The highest BCUT2D eigenvalue weighted by Crippen LogP contribution is 2.34. The van der Waals surface area contributed by atoms with Gasteiger partial charge in [0, 0.05) is 24.4 Å².